The van der Waals surface area contributed by atoms with Gasteiger partial charge in [-0.15, -0.1) is 13.2 Å². The minimum atomic E-state index is -5.00. The van der Waals surface area contributed by atoms with Crippen LogP contribution in [0.4, 0.5) is 22.0 Å². The highest BCUT2D eigenvalue weighted by Gasteiger charge is 2.46. The Morgan fingerprint density at radius 2 is 1.59 bits per heavy atom. The molecule has 0 heterocycles. The molecule has 2 saturated carbocycles. The molecule has 0 amide bonds. The average molecular weight is 394 g/mol. The molecule has 0 radical (unpaired) electrons. The lowest BCUT2D eigenvalue weighted by molar-refractivity contribution is -0.358. The minimum absolute atomic E-state index is 0.0702. The van der Waals surface area contributed by atoms with Crippen molar-refractivity contribution in [3.05, 3.63) is 11.6 Å². The van der Waals surface area contributed by atoms with Crippen LogP contribution in [0.5, 0.6) is 0 Å². The van der Waals surface area contributed by atoms with Crippen LogP contribution in [0.2, 0.25) is 0 Å². The van der Waals surface area contributed by atoms with Gasteiger partial charge in [0.2, 0.25) is 0 Å². The maximum atomic E-state index is 14.2. The summed E-state index contributed by atoms with van der Waals surface area (Å²) < 4.78 is 69.1. The summed E-state index contributed by atoms with van der Waals surface area (Å²) >= 11 is 0. The smallest absolute Gasteiger partial charge is 0.282 e. The molecule has 0 saturated heterocycles. The molecule has 3 aliphatic carbocycles. The number of ether oxygens (including phenoxy) is 1. The van der Waals surface area contributed by atoms with Gasteiger partial charge in [0.25, 0.3) is 0 Å². The molecule has 3 unspecified atom stereocenters. The van der Waals surface area contributed by atoms with E-state index in [1.807, 2.05) is 0 Å². The van der Waals surface area contributed by atoms with E-state index in [0.29, 0.717) is 5.92 Å². The fourth-order valence-corrected chi connectivity index (χ4v) is 5.48. The Morgan fingerprint density at radius 3 is 2.07 bits per heavy atom. The number of halogens is 5. The van der Waals surface area contributed by atoms with Gasteiger partial charge >= 0.3 is 6.36 Å². The fourth-order valence-electron chi connectivity index (χ4n) is 5.48. The zero-order valence-corrected chi connectivity index (χ0v) is 16.0. The average Bonchev–Trinajstić information content (AvgIpc) is 2.64. The number of rotatable bonds is 4. The molecule has 0 aromatic rings. The molecule has 2 fully saturated rings. The van der Waals surface area contributed by atoms with Crippen molar-refractivity contribution in [1.82, 2.24) is 0 Å². The summed E-state index contributed by atoms with van der Waals surface area (Å²) in [5.41, 5.74) is 1.05. The summed E-state index contributed by atoms with van der Waals surface area (Å²) in [6.45, 7) is 2.26. The van der Waals surface area contributed by atoms with E-state index in [-0.39, 0.29) is 18.8 Å². The molecular formula is C21H31F5O. The van der Waals surface area contributed by atoms with Crippen LogP contribution < -0.4 is 0 Å². The Bertz CT molecular complexity index is 497. The summed E-state index contributed by atoms with van der Waals surface area (Å²) in [4.78, 5) is 0. The lowest BCUT2D eigenvalue weighted by atomic mass is 9.69. The zero-order valence-electron chi connectivity index (χ0n) is 16.0. The summed E-state index contributed by atoms with van der Waals surface area (Å²) in [6, 6.07) is 0. The van der Waals surface area contributed by atoms with Gasteiger partial charge in [-0.05, 0) is 68.6 Å². The summed E-state index contributed by atoms with van der Waals surface area (Å²) in [5, 5.41) is 0. The van der Waals surface area contributed by atoms with Crippen molar-refractivity contribution in [1.29, 1.82) is 0 Å². The van der Waals surface area contributed by atoms with E-state index < -0.39 is 24.8 Å². The molecule has 0 spiro atoms. The summed E-state index contributed by atoms with van der Waals surface area (Å²) in [7, 11) is 0. The van der Waals surface area contributed by atoms with Gasteiger partial charge in [-0.3, -0.25) is 4.74 Å². The molecule has 0 bridgehead atoms. The third-order valence-corrected chi connectivity index (χ3v) is 7.15. The van der Waals surface area contributed by atoms with Crippen LogP contribution in [-0.2, 0) is 4.74 Å². The lowest BCUT2D eigenvalue weighted by Crippen LogP contribution is -2.45. The molecule has 0 aromatic heterocycles. The maximum Gasteiger partial charge on any atom is 0.522 e. The Morgan fingerprint density at radius 1 is 0.963 bits per heavy atom. The van der Waals surface area contributed by atoms with Crippen molar-refractivity contribution >= 4 is 0 Å². The SMILES string of the molecule is CCC1CCC(C2CC=C(C3CC(F)C(OC(F)(F)F)C(F)C3)CC2)CC1. The fraction of sp³-hybridized carbons (Fsp3) is 0.905. The number of hydrogen-bond donors (Lipinski definition) is 0. The topological polar surface area (TPSA) is 9.23 Å². The highest BCUT2D eigenvalue weighted by atomic mass is 19.4. The minimum Gasteiger partial charge on any atom is -0.282 e. The van der Waals surface area contributed by atoms with Crippen LogP contribution >= 0.6 is 0 Å². The van der Waals surface area contributed by atoms with Gasteiger partial charge in [0.15, 0.2) is 0 Å². The first kappa shape index (κ1) is 21.1. The normalized spacial score (nSPS) is 41.3. The van der Waals surface area contributed by atoms with Crippen LogP contribution in [0.3, 0.4) is 0 Å². The lowest BCUT2D eigenvalue weighted by Gasteiger charge is -2.39. The van der Waals surface area contributed by atoms with Crippen LogP contribution in [0.15, 0.2) is 11.6 Å². The highest BCUT2D eigenvalue weighted by molar-refractivity contribution is 5.14. The van der Waals surface area contributed by atoms with E-state index in [1.165, 1.54) is 32.1 Å². The van der Waals surface area contributed by atoms with Crippen LogP contribution in [0, 0.1) is 23.7 Å². The maximum absolute atomic E-state index is 14.2. The first-order chi connectivity index (χ1) is 12.8. The van der Waals surface area contributed by atoms with Gasteiger partial charge < -0.3 is 0 Å². The molecule has 27 heavy (non-hydrogen) atoms. The van der Waals surface area contributed by atoms with E-state index in [9.17, 15) is 22.0 Å². The second-order valence-corrected chi connectivity index (χ2v) is 8.73. The highest BCUT2D eigenvalue weighted by Crippen LogP contribution is 2.44. The van der Waals surface area contributed by atoms with Crippen LogP contribution in [0.25, 0.3) is 0 Å². The molecule has 3 rings (SSSR count). The Hall–Kier alpha value is -0.650. The van der Waals surface area contributed by atoms with Gasteiger partial charge in [0, 0.05) is 0 Å². The number of allylic oxidation sites excluding steroid dienone is 2. The molecule has 0 N–H and O–H groups in total. The van der Waals surface area contributed by atoms with Crippen molar-refractivity contribution in [3.63, 3.8) is 0 Å². The van der Waals surface area contributed by atoms with Crippen molar-refractivity contribution in [3.8, 4) is 0 Å². The monoisotopic (exact) mass is 394 g/mol. The second kappa shape index (κ2) is 8.79. The largest absolute Gasteiger partial charge is 0.522 e. The summed E-state index contributed by atoms with van der Waals surface area (Å²) in [6.07, 6.45) is 0.409. The second-order valence-electron chi connectivity index (χ2n) is 8.73. The Balaban J connectivity index is 1.52. The molecule has 0 aliphatic heterocycles. The predicted octanol–water partition coefficient (Wildman–Crippen LogP) is 6.92. The number of hydrogen-bond acceptors (Lipinski definition) is 1. The van der Waals surface area contributed by atoms with Gasteiger partial charge in [0.1, 0.15) is 18.4 Å². The standard InChI is InChI=1S/C21H31F5O/c1-2-13-3-5-14(6-4-13)15-7-9-16(10-8-15)17-11-18(22)20(19(23)12-17)27-21(24,25)26/h9,13-15,17-20H,2-8,10-12H2,1H3. The van der Waals surface area contributed by atoms with Crippen molar-refractivity contribution in [2.24, 2.45) is 23.7 Å². The third kappa shape index (κ3) is 5.45. The molecule has 3 aliphatic rings. The Labute approximate surface area is 158 Å². The Kier molecular flexibility index (Phi) is 6.86. The third-order valence-electron chi connectivity index (χ3n) is 7.15. The quantitative estimate of drug-likeness (QED) is 0.371. The van der Waals surface area contributed by atoms with E-state index in [4.69, 9.17) is 0 Å². The summed E-state index contributed by atoms with van der Waals surface area (Å²) in [5.74, 6) is 1.98. The predicted molar refractivity (Wildman–Crippen MR) is 94.6 cm³/mol. The molecular weight excluding hydrogens is 363 g/mol. The van der Waals surface area contributed by atoms with E-state index in [2.05, 4.69) is 17.7 Å². The van der Waals surface area contributed by atoms with Gasteiger partial charge in [0.05, 0.1) is 0 Å². The van der Waals surface area contributed by atoms with Gasteiger partial charge in [-0.2, -0.15) is 0 Å². The van der Waals surface area contributed by atoms with Crippen LogP contribution in [-0.4, -0.2) is 24.8 Å². The molecule has 3 atom stereocenters. The molecule has 6 heteroatoms. The van der Waals surface area contributed by atoms with Crippen molar-refractivity contribution < 1.29 is 26.7 Å². The van der Waals surface area contributed by atoms with Crippen molar-refractivity contribution in [2.75, 3.05) is 0 Å². The molecule has 156 valence electrons. The van der Waals surface area contributed by atoms with E-state index in [0.717, 1.165) is 36.7 Å². The van der Waals surface area contributed by atoms with E-state index >= 15 is 0 Å². The zero-order chi connectivity index (χ0) is 19.6. The van der Waals surface area contributed by atoms with Gasteiger partial charge in [-0.25, -0.2) is 8.78 Å². The van der Waals surface area contributed by atoms with E-state index in [1.54, 1.807) is 0 Å². The number of alkyl halides is 5. The van der Waals surface area contributed by atoms with Crippen molar-refractivity contribution in [2.45, 2.75) is 95.9 Å². The molecule has 1 nitrogen and oxygen atoms in total. The first-order valence-corrected chi connectivity index (χ1v) is 10.5. The van der Waals surface area contributed by atoms with Crippen LogP contribution in [0.1, 0.15) is 71.1 Å². The first-order valence-electron chi connectivity index (χ1n) is 10.5. The molecule has 0 aromatic carbocycles. The van der Waals surface area contributed by atoms with Gasteiger partial charge in [-0.1, -0.05) is 37.8 Å².